The van der Waals surface area contributed by atoms with Gasteiger partial charge >= 0.3 is 0 Å². The lowest BCUT2D eigenvalue weighted by molar-refractivity contribution is 0.390. The van der Waals surface area contributed by atoms with Crippen LogP contribution in [0.3, 0.4) is 0 Å². The van der Waals surface area contributed by atoms with Crippen LogP contribution in [0.4, 0.5) is 0 Å². The monoisotopic (exact) mass is 237 g/mol. The zero-order chi connectivity index (χ0) is 6.85. The van der Waals surface area contributed by atoms with E-state index in [1.54, 1.807) is 0 Å². The number of nitrogens with zero attached hydrogens (tertiary/aromatic N) is 1. The number of aryl methyl sites for hydroxylation is 2. The molecule has 1 heterocycles. The first kappa shape index (κ1) is 7.05. The van der Waals surface area contributed by atoms with Crippen LogP contribution in [0.25, 0.3) is 0 Å². The van der Waals surface area contributed by atoms with Crippen molar-refractivity contribution in [1.82, 2.24) is 5.16 Å². The summed E-state index contributed by atoms with van der Waals surface area (Å²) in [5.74, 6) is 0.924. The molecule has 1 rings (SSSR count). The van der Waals surface area contributed by atoms with Gasteiger partial charge in [-0.05, 0) is 35.9 Å². The van der Waals surface area contributed by atoms with E-state index in [0.29, 0.717) is 0 Å². The molecule has 0 aliphatic rings. The van der Waals surface area contributed by atoms with Crippen LogP contribution in [-0.2, 0) is 6.42 Å². The number of hydrogen-bond acceptors (Lipinski definition) is 2. The quantitative estimate of drug-likeness (QED) is 0.699. The van der Waals surface area contributed by atoms with Crippen molar-refractivity contribution < 1.29 is 4.52 Å². The molecule has 0 fully saturated rings. The number of hydrogen-bond donors (Lipinski definition) is 0. The highest BCUT2D eigenvalue weighted by molar-refractivity contribution is 14.1. The Morgan fingerprint density at radius 3 is 2.56 bits per heavy atom. The van der Waals surface area contributed by atoms with E-state index in [-0.39, 0.29) is 0 Å². The molecule has 0 aliphatic heterocycles. The molecule has 3 heteroatoms. The molecule has 0 aromatic carbocycles. The van der Waals surface area contributed by atoms with Crippen LogP contribution in [0.5, 0.6) is 0 Å². The Morgan fingerprint density at radius 1 is 1.67 bits per heavy atom. The SMILES string of the molecule is CCc1noc(C)c1I. The van der Waals surface area contributed by atoms with Crippen LogP contribution in [-0.4, -0.2) is 5.16 Å². The molecular weight excluding hydrogens is 229 g/mol. The first-order valence-electron chi connectivity index (χ1n) is 2.86. The van der Waals surface area contributed by atoms with Crippen LogP contribution in [0.15, 0.2) is 4.52 Å². The Kier molecular flexibility index (Phi) is 2.10. The highest BCUT2D eigenvalue weighted by Crippen LogP contribution is 2.15. The average molecular weight is 237 g/mol. The Labute approximate surface area is 67.8 Å². The minimum atomic E-state index is 0.924. The molecular formula is C6H8INO. The second-order valence-electron chi connectivity index (χ2n) is 1.85. The molecule has 1 aromatic rings. The third-order valence-corrected chi connectivity index (χ3v) is 2.57. The summed E-state index contributed by atoms with van der Waals surface area (Å²) < 4.78 is 6.09. The molecule has 9 heavy (non-hydrogen) atoms. The van der Waals surface area contributed by atoms with Gasteiger partial charge in [0.05, 0.1) is 9.26 Å². The molecule has 0 amide bonds. The van der Waals surface area contributed by atoms with E-state index in [1.165, 1.54) is 0 Å². The fourth-order valence-electron chi connectivity index (χ4n) is 0.627. The van der Waals surface area contributed by atoms with Crippen LogP contribution in [0, 0.1) is 10.5 Å². The first-order valence-corrected chi connectivity index (χ1v) is 3.94. The van der Waals surface area contributed by atoms with Gasteiger partial charge in [-0.3, -0.25) is 0 Å². The van der Waals surface area contributed by atoms with E-state index in [9.17, 15) is 0 Å². The van der Waals surface area contributed by atoms with E-state index in [1.807, 2.05) is 6.92 Å². The number of halogens is 1. The van der Waals surface area contributed by atoms with Crippen molar-refractivity contribution in [3.8, 4) is 0 Å². The second kappa shape index (κ2) is 2.68. The topological polar surface area (TPSA) is 26.0 Å². The van der Waals surface area contributed by atoms with Gasteiger partial charge in [0.2, 0.25) is 0 Å². The molecule has 0 unspecified atom stereocenters. The maximum absolute atomic E-state index is 4.93. The maximum atomic E-state index is 4.93. The zero-order valence-corrected chi connectivity index (χ0v) is 7.60. The molecule has 0 spiro atoms. The largest absolute Gasteiger partial charge is 0.360 e. The predicted molar refractivity (Wildman–Crippen MR) is 43.3 cm³/mol. The van der Waals surface area contributed by atoms with E-state index in [0.717, 1.165) is 21.4 Å². The van der Waals surface area contributed by atoms with Crippen molar-refractivity contribution in [3.63, 3.8) is 0 Å². The average Bonchev–Trinajstić information content (AvgIpc) is 2.15. The van der Waals surface area contributed by atoms with Gasteiger partial charge < -0.3 is 4.52 Å². The van der Waals surface area contributed by atoms with Crippen LogP contribution < -0.4 is 0 Å². The summed E-state index contributed by atoms with van der Waals surface area (Å²) in [6.45, 7) is 3.99. The highest BCUT2D eigenvalue weighted by Gasteiger charge is 2.05. The van der Waals surface area contributed by atoms with Crippen molar-refractivity contribution in [2.75, 3.05) is 0 Å². The van der Waals surface area contributed by atoms with E-state index >= 15 is 0 Å². The minimum absolute atomic E-state index is 0.924. The van der Waals surface area contributed by atoms with Crippen molar-refractivity contribution in [2.24, 2.45) is 0 Å². The molecule has 1 aromatic heterocycles. The van der Waals surface area contributed by atoms with E-state index in [4.69, 9.17) is 4.52 Å². The van der Waals surface area contributed by atoms with Gasteiger partial charge in [0.1, 0.15) is 5.76 Å². The lowest BCUT2D eigenvalue weighted by Crippen LogP contribution is -1.81. The molecule has 0 saturated carbocycles. The standard InChI is InChI=1S/C6H8INO/c1-3-5-6(7)4(2)9-8-5/h3H2,1-2H3. The Hall–Kier alpha value is -0.0600. The Bertz CT molecular complexity index is 207. The van der Waals surface area contributed by atoms with Crippen molar-refractivity contribution in [1.29, 1.82) is 0 Å². The van der Waals surface area contributed by atoms with Gasteiger partial charge in [0.15, 0.2) is 0 Å². The third-order valence-electron chi connectivity index (χ3n) is 1.19. The van der Waals surface area contributed by atoms with E-state index < -0.39 is 0 Å². The van der Waals surface area contributed by atoms with Crippen molar-refractivity contribution >= 4 is 22.6 Å². The molecule has 50 valence electrons. The summed E-state index contributed by atoms with van der Waals surface area (Å²) in [5.41, 5.74) is 1.06. The second-order valence-corrected chi connectivity index (χ2v) is 2.93. The Balaban J connectivity index is 3.04. The van der Waals surface area contributed by atoms with Crippen LogP contribution in [0.1, 0.15) is 18.4 Å². The third kappa shape index (κ3) is 1.26. The zero-order valence-electron chi connectivity index (χ0n) is 5.44. The first-order chi connectivity index (χ1) is 4.25. The van der Waals surface area contributed by atoms with Crippen molar-refractivity contribution in [3.05, 3.63) is 15.0 Å². The fourth-order valence-corrected chi connectivity index (χ4v) is 1.21. The number of aromatic nitrogens is 1. The summed E-state index contributed by atoms with van der Waals surface area (Å²) in [5, 5.41) is 3.85. The summed E-state index contributed by atoms with van der Waals surface area (Å²) in [6.07, 6.45) is 0.954. The molecule has 0 bridgehead atoms. The van der Waals surface area contributed by atoms with Gasteiger partial charge in [0.25, 0.3) is 0 Å². The molecule has 0 N–H and O–H groups in total. The minimum Gasteiger partial charge on any atom is -0.360 e. The summed E-state index contributed by atoms with van der Waals surface area (Å²) >= 11 is 2.24. The van der Waals surface area contributed by atoms with Crippen molar-refractivity contribution in [2.45, 2.75) is 20.3 Å². The lowest BCUT2D eigenvalue weighted by atomic mass is 10.3. The predicted octanol–water partition coefficient (Wildman–Crippen LogP) is 2.15. The summed E-state index contributed by atoms with van der Waals surface area (Å²) in [6, 6.07) is 0. The van der Waals surface area contributed by atoms with Gasteiger partial charge in [-0.1, -0.05) is 12.1 Å². The molecule has 0 radical (unpaired) electrons. The van der Waals surface area contributed by atoms with Crippen LogP contribution >= 0.6 is 22.6 Å². The molecule has 2 nitrogen and oxygen atoms in total. The fraction of sp³-hybridized carbons (Fsp3) is 0.500. The van der Waals surface area contributed by atoms with Gasteiger partial charge in [-0.25, -0.2) is 0 Å². The van der Waals surface area contributed by atoms with Crippen LogP contribution in [0.2, 0.25) is 0 Å². The van der Waals surface area contributed by atoms with Gasteiger partial charge in [-0.2, -0.15) is 0 Å². The smallest absolute Gasteiger partial charge is 0.147 e. The van der Waals surface area contributed by atoms with E-state index in [2.05, 4.69) is 34.7 Å². The highest BCUT2D eigenvalue weighted by atomic mass is 127. The van der Waals surface area contributed by atoms with Gasteiger partial charge in [-0.15, -0.1) is 0 Å². The van der Waals surface area contributed by atoms with Gasteiger partial charge in [0, 0.05) is 0 Å². The normalized spacial score (nSPS) is 10.1. The Morgan fingerprint density at radius 2 is 2.33 bits per heavy atom. The molecule has 0 atom stereocenters. The summed E-state index contributed by atoms with van der Waals surface area (Å²) in [7, 11) is 0. The molecule has 0 saturated heterocycles. The molecule has 0 aliphatic carbocycles. The summed E-state index contributed by atoms with van der Waals surface area (Å²) in [4.78, 5) is 0. The maximum Gasteiger partial charge on any atom is 0.147 e. The lowest BCUT2D eigenvalue weighted by Gasteiger charge is -1.83. The number of rotatable bonds is 1.